The Labute approximate surface area is 110 Å². The van der Waals surface area contributed by atoms with Gasteiger partial charge in [-0.05, 0) is 55.8 Å². The molecular weight excluding hydrogens is 224 g/mol. The largest absolute Gasteiger partial charge is 0.353 e. The van der Waals surface area contributed by atoms with Crippen molar-refractivity contribution in [2.45, 2.75) is 51.5 Å². The Hall–Kier alpha value is -0.570. The van der Waals surface area contributed by atoms with Crippen LogP contribution in [0.25, 0.3) is 0 Å². The first-order valence-electron chi connectivity index (χ1n) is 7.75. The highest BCUT2D eigenvalue weighted by molar-refractivity contribution is 5.79. The molecule has 0 radical (unpaired) electrons. The van der Waals surface area contributed by atoms with Gasteiger partial charge in [0.25, 0.3) is 0 Å². The van der Waals surface area contributed by atoms with Gasteiger partial charge in [0.1, 0.15) is 0 Å². The molecule has 3 heteroatoms. The predicted molar refractivity (Wildman–Crippen MR) is 71.8 cm³/mol. The number of carbonyl (C=O) groups excluding carboxylic acids is 1. The number of nitrogens with one attached hydrogen (secondary N) is 1. The molecule has 0 aliphatic heterocycles. The molecule has 6 atom stereocenters. The number of fused-ring (bicyclic) bond motifs is 5. The normalized spacial score (nSPS) is 42.9. The van der Waals surface area contributed by atoms with Crippen LogP contribution >= 0.6 is 0 Å². The van der Waals surface area contributed by atoms with Gasteiger partial charge in [0.2, 0.25) is 5.91 Å². The molecule has 0 heterocycles. The topological polar surface area (TPSA) is 55.1 Å². The molecule has 6 unspecified atom stereocenters. The Morgan fingerprint density at radius 2 is 2.06 bits per heavy atom. The number of hydrogen-bond donors (Lipinski definition) is 2. The molecule has 0 saturated heterocycles. The van der Waals surface area contributed by atoms with Gasteiger partial charge in [-0.1, -0.05) is 13.3 Å². The number of amides is 1. The van der Waals surface area contributed by atoms with Crippen LogP contribution < -0.4 is 11.1 Å². The van der Waals surface area contributed by atoms with E-state index in [1.165, 1.54) is 32.1 Å². The summed E-state index contributed by atoms with van der Waals surface area (Å²) in [7, 11) is 0. The van der Waals surface area contributed by atoms with E-state index in [1.807, 2.05) is 6.92 Å². The van der Waals surface area contributed by atoms with Crippen molar-refractivity contribution in [1.82, 2.24) is 5.32 Å². The second kappa shape index (κ2) is 4.84. The van der Waals surface area contributed by atoms with E-state index in [2.05, 4.69) is 5.32 Å². The van der Waals surface area contributed by atoms with Crippen LogP contribution in [0.2, 0.25) is 0 Å². The highest BCUT2D eigenvalue weighted by Crippen LogP contribution is 2.58. The van der Waals surface area contributed by atoms with E-state index in [1.54, 1.807) is 0 Å². The van der Waals surface area contributed by atoms with Gasteiger partial charge in [0.05, 0.1) is 0 Å². The van der Waals surface area contributed by atoms with Crippen LogP contribution in [0.5, 0.6) is 0 Å². The Balaban J connectivity index is 1.61. The first-order valence-corrected chi connectivity index (χ1v) is 7.75. The standard InChI is InChI=1S/C15H26N2O/c1-2-9(8-16)15(18)17-14-7-10-6-13(14)12-5-3-4-11(10)12/h9-14H,2-8,16H2,1H3,(H,17,18). The van der Waals surface area contributed by atoms with Crippen LogP contribution in [0.4, 0.5) is 0 Å². The third-order valence-electron chi connectivity index (χ3n) is 5.90. The molecule has 0 spiro atoms. The minimum atomic E-state index is 0.0171. The fourth-order valence-electron chi connectivity index (χ4n) is 4.99. The monoisotopic (exact) mass is 250 g/mol. The molecule has 0 aromatic carbocycles. The van der Waals surface area contributed by atoms with Crippen molar-refractivity contribution >= 4 is 5.91 Å². The summed E-state index contributed by atoms with van der Waals surface area (Å²) in [6.45, 7) is 2.53. The summed E-state index contributed by atoms with van der Waals surface area (Å²) in [5, 5.41) is 3.31. The second-order valence-corrected chi connectivity index (χ2v) is 6.61. The van der Waals surface area contributed by atoms with Crippen molar-refractivity contribution in [2.24, 2.45) is 35.3 Å². The zero-order valence-corrected chi connectivity index (χ0v) is 11.4. The summed E-state index contributed by atoms with van der Waals surface area (Å²) < 4.78 is 0. The minimum absolute atomic E-state index is 0.0171. The number of carbonyl (C=O) groups is 1. The van der Waals surface area contributed by atoms with Gasteiger partial charge in [-0.25, -0.2) is 0 Å². The lowest BCUT2D eigenvalue weighted by molar-refractivity contribution is -0.126. The number of hydrogen-bond acceptors (Lipinski definition) is 2. The third-order valence-corrected chi connectivity index (χ3v) is 5.90. The van der Waals surface area contributed by atoms with Gasteiger partial charge >= 0.3 is 0 Å². The molecule has 18 heavy (non-hydrogen) atoms. The van der Waals surface area contributed by atoms with Crippen LogP contribution in [0.1, 0.15) is 45.4 Å². The van der Waals surface area contributed by atoms with E-state index in [0.29, 0.717) is 12.6 Å². The number of rotatable bonds is 4. The average molecular weight is 250 g/mol. The molecule has 3 saturated carbocycles. The SMILES string of the molecule is CCC(CN)C(=O)NC1CC2CC1C1CCCC21. The van der Waals surface area contributed by atoms with E-state index < -0.39 is 0 Å². The molecule has 102 valence electrons. The Morgan fingerprint density at radius 1 is 1.28 bits per heavy atom. The Bertz CT molecular complexity index is 326. The average Bonchev–Trinajstić information content (AvgIpc) is 3.01. The molecule has 3 fully saturated rings. The van der Waals surface area contributed by atoms with Crippen LogP contribution in [-0.4, -0.2) is 18.5 Å². The van der Waals surface area contributed by atoms with Crippen molar-refractivity contribution in [3.8, 4) is 0 Å². The maximum Gasteiger partial charge on any atom is 0.224 e. The van der Waals surface area contributed by atoms with E-state index in [-0.39, 0.29) is 11.8 Å². The van der Waals surface area contributed by atoms with Gasteiger partial charge in [0, 0.05) is 18.5 Å². The van der Waals surface area contributed by atoms with Gasteiger partial charge in [-0.15, -0.1) is 0 Å². The highest BCUT2D eigenvalue weighted by atomic mass is 16.2. The fourth-order valence-corrected chi connectivity index (χ4v) is 4.99. The second-order valence-electron chi connectivity index (χ2n) is 6.61. The molecule has 2 bridgehead atoms. The molecule has 3 nitrogen and oxygen atoms in total. The van der Waals surface area contributed by atoms with Crippen molar-refractivity contribution in [3.05, 3.63) is 0 Å². The summed E-state index contributed by atoms with van der Waals surface area (Å²) in [6.07, 6.45) is 7.75. The van der Waals surface area contributed by atoms with Crippen LogP contribution in [0.15, 0.2) is 0 Å². The van der Waals surface area contributed by atoms with E-state index in [4.69, 9.17) is 5.73 Å². The smallest absolute Gasteiger partial charge is 0.224 e. The van der Waals surface area contributed by atoms with Crippen LogP contribution in [0.3, 0.4) is 0 Å². The summed E-state index contributed by atoms with van der Waals surface area (Å²) in [5.41, 5.74) is 5.66. The lowest BCUT2D eigenvalue weighted by Gasteiger charge is -2.32. The van der Waals surface area contributed by atoms with Gasteiger partial charge in [-0.3, -0.25) is 4.79 Å². The molecule has 3 rings (SSSR count). The Morgan fingerprint density at radius 3 is 2.78 bits per heavy atom. The van der Waals surface area contributed by atoms with Crippen molar-refractivity contribution < 1.29 is 4.79 Å². The molecule has 3 aliphatic rings. The van der Waals surface area contributed by atoms with E-state index in [0.717, 1.165) is 30.1 Å². The molecule has 1 amide bonds. The van der Waals surface area contributed by atoms with Gasteiger partial charge < -0.3 is 11.1 Å². The molecular formula is C15H26N2O. The molecule has 3 aliphatic carbocycles. The lowest BCUT2D eigenvalue weighted by Crippen LogP contribution is -2.46. The number of nitrogens with two attached hydrogens (primary N) is 1. The summed E-state index contributed by atoms with van der Waals surface area (Å²) in [4.78, 5) is 12.1. The highest BCUT2D eigenvalue weighted by Gasteiger charge is 2.54. The van der Waals surface area contributed by atoms with E-state index in [9.17, 15) is 4.79 Å². The van der Waals surface area contributed by atoms with Crippen molar-refractivity contribution in [3.63, 3.8) is 0 Å². The molecule has 0 aromatic rings. The zero-order chi connectivity index (χ0) is 12.7. The maximum atomic E-state index is 12.1. The van der Waals surface area contributed by atoms with Gasteiger partial charge in [-0.2, -0.15) is 0 Å². The summed E-state index contributed by atoms with van der Waals surface area (Å²) in [5.74, 6) is 3.83. The minimum Gasteiger partial charge on any atom is -0.353 e. The third kappa shape index (κ3) is 1.87. The van der Waals surface area contributed by atoms with Crippen LogP contribution in [0, 0.1) is 29.6 Å². The van der Waals surface area contributed by atoms with Gasteiger partial charge in [0.15, 0.2) is 0 Å². The first kappa shape index (κ1) is 12.5. The zero-order valence-electron chi connectivity index (χ0n) is 11.4. The fraction of sp³-hybridized carbons (Fsp3) is 0.933. The Kier molecular flexibility index (Phi) is 3.35. The maximum absolute atomic E-state index is 12.1. The van der Waals surface area contributed by atoms with Crippen molar-refractivity contribution in [2.75, 3.05) is 6.54 Å². The quantitative estimate of drug-likeness (QED) is 0.801. The van der Waals surface area contributed by atoms with Crippen LogP contribution in [-0.2, 0) is 4.79 Å². The summed E-state index contributed by atoms with van der Waals surface area (Å²) in [6, 6.07) is 0.461. The molecule has 0 aromatic heterocycles. The van der Waals surface area contributed by atoms with E-state index >= 15 is 0 Å². The summed E-state index contributed by atoms with van der Waals surface area (Å²) >= 11 is 0. The molecule has 3 N–H and O–H groups in total. The predicted octanol–water partition coefficient (Wildman–Crippen LogP) is 1.91. The lowest BCUT2D eigenvalue weighted by atomic mass is 9.79. The van der Waals surface area contributed by atoms with Crippen molar-refractivity contribution in [1.29, 1.82) is 0 Å². The first-order chi connectivity index (χ1) is 8.74.